The largest absolute Gasteiger partial charge is 0.500 e. The molecule has 0 bridgehead atoms. The maximum Gasteiger partial charge on any atom is 0.500 e. The predicted octanol–water partition coefficient (Wildman–Crippen LogP) is 5.29. The van der Waals surface area contributed by atoms with Gasteiger partial charge in [0.15, 0.2) is 0 Å². The molecule has 0 amide bonds. The van der Waals surface area contributed by atoms with Crippen LogP contribution in [0.15, 0.2) is 0 Å². The molecule has 0 aromatic rings. The van der Waals surface area contributed by atoms with E-state index < -0.39 is 17.6 Å². The van der Waals surface area contributed by atoms with Gasteiger partial charge >= 0.3 is 17.6 Å². The first-order valence-corrected chi connectivity index (χ1v) is 17.9. The molecule has 0 spiro atoms. The summed E-state index contributed by atoms with van der Waals surface area (Å²) >= 11 is 0. The SMILES string of the molecule is CO[Si](CCCCCCN(C)CCCCCCN(C)CCCCCC[Si](OC)(OC)OC)(OC)OC. The topological polar surface area (TPSA) is 61.9 Å². The summed E-state index contributed by atoms with van der Waals surface area (Å²) in [6.45, 7) is 4.80. The van der Waals surface area contributed by atoms with E-state index in [4.69, 9.17) is 26.6 Å². The molecule has 0 fully saturated rings. The molecule has 0 radical (unpaired) electrons. The summed E-state index contributed by atoms with van der Waals surface area (Å²) in [6, 6.07) is 1.81. The molecule has 8 nitrogen and oxygen atoms in total. The van der Waals surface area contributed by atoms with Gasteiger partial charge in [0.2, 0.25) is 0 Å². The summed E-state index contributed by atoms with van der Waals surface area (Å²) in [7, 11) is 9.90. The summed E-state index contributed by atoms with van der Waals surface area (Å²) in [5.41, 5.74) is 0. The molecule has 218 valence electrons. The summed E-state index contributed by atoms with van der Waals surface area (Å²) < 4.78 is 32.9. The number of hydrogen-bond acceptors (Lipinski definition) is 8. The van der Waals surface area contributed by atoms with Crippen molar-refractivity contribution < 1.29 is 26.6 Å². The Morgan fingerprint density at radius 1 is 0.361 bits per heavy atom. The Balaban J connectivity index is 3.57. The first-order chi connectivity index (χ1) is 17.4. The van der Waals surface area contributed by atoms with E-state index in [-0.39, 0.29) is 0 Å². The van der Waals surface area contributed by atoms with Crippen LogP contribution in [0.25, 0.3) is 0 Å². The highest BCUT2D eigenvalue weighted by Gasteiger charge is 2.37. The normalized spacial score (nSPS) is 12.8. The fraction of sp³-hybridized carbons (Fsp3) is 1.00. The van der Waals surface area contributed by atoms with Gasteiger partial charge in [-0.15, -0.1) is 0 Å². The molecule has 36 heavy (non-hydrogen) atoms. The average Bonchev–Trinajstić information content (AvgIpc) is 2.90. The Labute approximate surface area is 226 Å². The predicted molar refractivity (Wildman–Crippen MR) is 154 cm³/mol. The van der Waals surface area contributed by atoms with Crippen LogP contribution in [0, 0.1) is 0 Å². The molecule has 0 aromatic heterocycles. The first kappa shape index (κ1) is 36.1. The summed E-state index contributed by atoms with van der Waals surface area (Å²) in [6.07, 6.45) is 15.0. The molecular weight excluding hydrogens is 492 g/mol. The molecule has 0 aliphatic carbocycles. The van der Waals surface area contributed by atoms with Crippen molar-refractivity contribution in [3.8, 4) is 0 Å². The van der Waals surface area contributed by atoms with Gasteiger partial charge < -0.3 is 36.4 Å². The summed E-state index contributed by atoms with van der Waals surface area (Å²) in [4.78, 5) is 4.98. The number of rotatable bonds is 27. The number of unbranched alkanes of at least 4 members (excludes halogenated alkanes) is 9. The van der Waals surface area contributed by atoms with E-state index in [1.807, 2.05) is 0 Å². The lowest BCUT2D eigenvalue weighted by atomic mass is 10.1. The Kier molecular flexibility index (Phi) is 23.1. The van der Waals surface area contributed by atoms with Crippen molar-refractivity contribution in [1.29, 1.82) is 0 Å². The average molecular weight is 553 g/mol. The molecular formula is C26H60N2O6Si2. The standard InChI is InChI=1S/C26H60N2O6Si2/c1-27(23-17-11-13-19-25-35(29-3,30-4)31-5)21-15-9-10-16-22-28(2)24-18-12-14-20-26-36(32-6,33-7)34-8/h9-26H2,1-8H3. The maximum atomic E-state index is 5.49. The van der Waals surface area contributed by atoms with E-state index >= 15 is 0 Å². The van der Waals surface area contributed by atoms with Crippen molar-refractivity contribution in [2.75, 3.05) is 82.9 Å². The Morgan fingerprint density at radius 3 is 0.806 bits per heavy atom. The highest BCUT2D eigenvalue weighted by Crippen LogP contribution is 2.18. The Bertz CT molecular complexity index is 427. The number of hydrogen-bond donors (Lipinski definition) is 0. The fourth-order valence-corrected chi connectivity index (χ4v) is 8.20. The van der Waals surface area contributed by atoms with Crippen LogP contribution in [-0.2, 0) is 26.6 Å². The van der Waals surface area contributed by atoms with E-state index in [1.165, 1.54) is 90.4 Å². The van der Waals surface area contributed by atoms with E-state index in [1.54, 1.807) is 42.7 Å². The van der Waals surface area contributed by atoms with Crippen molar-refractivity contribution >= 4 is 17.6 Å². The van der Waals surface area contributed by atoms with Gasteiger partial charge in [-0.3, -0.25) is 0 Å². The Hall–Kier alpha value is 0.114. The van der Waals surface area contributed by atoms with Gasteiger partial charge in [0.25, 0.3) is 0 Å². The zero-order chi connectivity index (χ0) is 27.1. The van der Waals surface area contributed by atoms with Crippen molar-refractivity contribution in [2.24, 2.45) is 0 Å². The minimum Gasteiger partial charge on any atom is -0.377 e. The molecule has 10 heteroatoms. The first-order valence-electron chi connectivity index (χ1n) is 14.0. The van der Waals surface area contributed by atoms with Crippen molar-refractivity contribution in [3.63, 3.8) is 0 Å². The van der Waals surface area contributed by atoms with Crippen LogP contribution in [0.2, 0.25) is 12.1 Å². The second-order valence-electron chi connectivity index (χ2n) is 9.94. The third-order valence-electron chi connectivity index (χ3n) is 7.24. The van der Waals surface area contributed by atoms with E-state index in [0.717, 1.165) is 24.9 Å². The fourth-order valence-electron chi connectivity index (χ4n) is 4.61. The minimum atomic E-state index is -2.38. The molecule has 0 aromatic carbocycles. The summed E-state index contributed by atoms with van der Waals surface area (Å²) in [5.74, 6) is 0. The quantitative estimate of drug-likeness (QED) is 0.101. The van der Waals surface area contributed by atoms with Crippen LogP contribution in [0.3, 0.4) is 0 Å². The molecule has 0 saturated heterocycles. The van der Waals surface area contributed by atoms with E-state index in [0.29, 0.717) is 0 Å². The highest BCUT2D eigenvalue weighted by molar-refractivity contribution is 6.60. The van der Waals surface area contributed by atoms with E-state index in [9.17, 15) is 0 Å². The molecule has 0 saturated carbocycles. The molecule has 0 rings (SSSR count). The van der Waals surface area contributed by atoms with Gasteiger partial charge in [-0.05, 0) is 78.8 Å². The summed E-state index contributed by atoms with van der Waals surface area (Å²) in [5, 5.41) is 0. The third kappa shape index (κ3) is 16.9. The molecule has 0 heterocycles. The van der Waals surface area contributed by atoms with Crippen LogP contribution in [0.4, 0.5) is 0 Å². The Morgan fingerprint density at radius 2 is 0.583 bits per heavy atom. The molecule has 0 atom stereocenters. The van der Waals surface area contributed by atoms with Crippen LogP contribution in [0.1, 0.15) is 77.0 Å². The van der Waals surface area contributed by atoms with Crippen molar-refractivity contribution in [2.45, 2.75) is 89.1 Å². The minimum absolute atomic E-state index is 0.905. The van der Waals surface area contributed by atoms with Crippen LogP contribution in [-0.4, -0.2) is 110 Å². The van der Waals surface area contributed by atoms with Gasteiger partial charge in [0, 0.05) is 54.7 Å². The smallest absolute Gasteiger partial charge is 0.377 e. The number of nitrogens with zero attached hydrogens (tertiary/aromatic N) is 2. The van der Waals surface area contributed by atoms with E-state index in [2.05, 4.69) is 23.9 Å². The molecule has 0 aliphatic heterocycles. The molecule has 0 unspecified atom stereocenters. The van der Waals surface area contributed by atoms with Crippen molar-refractivity contribution in [3.05, 3.63) is 0 Å². The van der Waals surface area contributed by atoms with Crippen LogP contribution in [0.5, 0.6) is 0 Å². The zero-order valence-corrected chi connectivity index (χ0v) is 27.1. The second-order valence-corrected chi connectivity index (χ2v) is 16.1. The molecule has 0 aliphatic rings. The maximum absolute atomic E-state index is 5.49. The van der Waals surface area contributed by atoms with Gasteiger partial charge in [0.05, 0.1) is 0 Å². The highest BCUT2D eigenvalue weighted by atomic mass is 28.4. The van der Waals surface area contributed by atoms with Crippen molar-refractivity contribution in [1.82, 2.24) is 9.80 Å². The van der Waals surface area contributed by atoms with Gasteiger partial charge in [-0.25, -0.2) is 0 Å². The van der Waals surface area contributed by atoms with Gasteiger partial charge in [0.1, 0.15) is 0 Å². The zero-order valence-electron chi connectivity index (χ0n) is 25.1. The molecule has 0 N–H and O–H groups in total. The van der Waals surface area contributed by atoms with Crippen LogP contribution >= 0.6 is 0 Å². The lowest BCUT2D eigenvalue weighted by molar-refractivity contribution is 0.122. The third-order valence-corrected chi connectivity index (χ3v) is 12.9. The monoisotopic (exact) mass is 552 g/mol. The van der Waals surface area contributed by atoms with Crippen LogP contribution < -0.4 is 0 Å². The van der Waals surface area contributed by atoms with Gasteiger partial charge in [-0.1, -0.05) is 38.5 Å². The lowest BCUT2D eigenvalue weighted by Gasteiger charge is -2.24. The van der Waals surface area contributed by atoms with Gasteiger partial charge in [-0.2, -0.15) is 0 Å². The lowest BCUT2D eigenvalue weighted by Crippen LogP contribution is -2.42. The second kappa shape index (κ2) is 23.0.